The average Bonchev–Trinajstić information content (AvgIpc) is 2.04. The van der Waals surface area contributed by atoms with Crippen molar-refractivity contribution in [3.05, 3.63) is 39.7 Å². The zero-order valence-electron chi connectivity index (χ0n) is 6.25. The molecule has 0 aliphatic carbocycles. The number of hydrogen-bond acceptors (Lipinski definition) is 2. The number of benzene rings is 1. The normalized spacial score (nSPS) is 10.5. The van der Waals surface area contributed by atoms with Crippen molar-refractivity contribution in [3.8, 4) is 0 Å². The van der Waals surface area contributed by atoms with Crippen LogP contribution in [0.2, 0.25) is 5.02 Å². The first-order valence-corrected chi connectivity index (χ1v) is 4.95. The molecular formula is C6H4ClN3O2S. The fourth-order valence-corrected chi connectivity index (χ4v) is 1.69. The molecule has 0 fully saturated rings. The molecule has 7 heteroatoms. The molecule has 0 aliphatic heterocycles. The molecule has 0 aromatic heterocycles. The van der Waals surface area contributed by atoms with Crippen molar-refractivity contribution in [2.75, 3.05) is 0 Å². The zero-order valence-corrected chi connectivity index (χ0v) is 7.83. The molecule has 1 rings (SSSR count). The zero-order chi connectivity index (χ0) is 9.90. The third-order valence-corrected chi connectivity index (χ3v) is 2.61. The van der Waals surface area contributed by atoms with Crippen LogP contribution in [0.3, 0.4) is 0 Å². The summed E-state index contributed by atoms with van der Waals surface area (Å²) in [5.41, 5.74) is 7.98. The lowest BCUT2D eigenvalue weighted by molar-refractivity contribution is 0.597. The van der Waals surface area contributed by atoms with Crippen LogP contribution in [0, 0.1) is 0 Å². The lowest BCUT2D eigenvalue weighted by atomic mass is 10.4. The van der Waals surface area contributed by atoms with E-state index in [1.807, 2.05) is 0 Å². The maximum Gasteiger partial charge on any atom is 0.264 e. The minimum atomic E-state index is -3.91. The minimum absolute atomic E-state index is 0.113. The first kappa shape index (κ1) is 9.85. The Bertz CT molecular complexity index is 465. The molecule has 0 saturated heterocycles. The van der Waals surface area contributed by atoms with Gasteiger partial charge in [0.15, 0.2) is 0 Å². The van der Waals surface area contributed by atoms with Gasteiger partial charge in [0.25, 0.3) is 10.0 Å². The van der Waals surface area contributed by atoms with Crippen molar-refractivity contribution in [3.63, 3.8) is 0 Å². The topological polar surface area (TPSA) is 82.9 Å². The molecule has 0 spiro atoms. The quantitative estimate of drug-likeness (QED) is 0.433. The highest BCUT2D eigenvalue weighted by atomic mass is 35.5. The molecule has 68 valence electrons. The van der Waals surface area contributed by atoms with Crippen molar-refractivity contribution in [2.24, 2.45) is 4.52 Å². The van der Waals surface area contributed by atoms with E-state index in [9.17, 15) is 8.42 Å². The van der Waals surface area contributed by atoms with E-state index in [1.165, 1.54) is 24.3 Å². The molecule has 0 radical (unpaired) electrons. The third-order valence-electron chi connectivity index (χ3n) is 1.24. The largest absolute Gasteiger partial charge is 0.264 e. The first-order chi connectivity index (χ1) is 6.06. The molecule has 0 aliphatic rings. The summed E-state index contributed by atoms with van der Waals surface area (Å²) >= 11 is 5.55. The standard InChI is InChI=1S/C6H4ClN3O2S/c7-5-2-1-3-6(4-5)13(11,12)10-9-8/h1-4H. The predicted molar refractivity (Wildman–Crippen MR) is 47.8 cm³/mol. The van der Waals surface area contributed by atoms with Crippen LogP contribution in [0.25, 0.3) is 10.4 Å². The molecule has 0 saturated carbocycles. The van der Waals surface area contributed by atoms with E-state index in [4.69, 9.17) is 17.1 Å². The molecule has 0 unspecified atom stereocenters. The summed E-state index contributed by atoms with van der Waals surface area (Å²) in [6.07, 6.45) is 0. The molecule has 13 heavy (non-hydrogen) atoms. The molecule has 0 amide bonds. The molecular weight excluding hydrogens is 214 g/mol. The number of rotatable bonds is 2. The van der Waals surface area contributed by atoms with Gasteiger partial charge < -0.3 is 0 Å². The van der Waals surface area contributed by atoms with Gasteiger partial charge in [0.1, 0.15) is 0 Å². The Morgan fingerprint density at radius 3 is 2.69 bits per heavy atom. The molecule has 1 aromatic rings. The second-order valence-electron chi connectivity index (χ2n) is 2.10. The van der Waals surface area contributed by atoms with Crippen LogP contribution in [-0.2, 0) is 10.0 Å². The Morgan fingerprint density at radius 2 is 2.15 bits per heavy atom. The summed E-state index contributed by atoms with van der Waals surface area (Å²) in [5.74, 6) is 0. The minimum Gasteiger partial charge on any atom is -0.216 e. The Hall–Kier alpha value is -1.23. The predicted octanol–water partition coefficient (Wildman–Crippen LogP) is 2.34. The second kappa shape index (κ2) is 3.66. The lowest BCUT2D eigenvalue weighted by Crippen LogP contribution is -1.94. The van der Waals surface area contributed by atoms with Gasteiger partial charge >= 0.3 is 0 Å². The van der Waals surface area contributed by atoms with E-state index in [0.29, 0.717) is 0 Å². The van der Waals surface area contributed by atoms with Gasteiger partial charge in [-0.2, -0.15) is 0 Å². The van der Waals surface area contributed by atoms with Crippen LogP contribution in [0.15, 0.2) is 33.7 Å². The Balaban J connectivity index is 3.31. The van der Waals surface area contributed by atoms with Crippen LogP contribution in [0.5, 0.6) is 0 Å². The maximum atomic E-state index is 11.1. The van der Waals surface area contributed by atoms with Gasteiger partial charge in [-0.15, -0.1) is 0 Å². The molecule has 0 N–H and O–H groups in total. The van der Waals surface area contributed by atoms with Crippen molar-refractivity contribution < 1.29 is 8.42 Å². The Morgan fingerprint density at radius 1 is 1.46 bits per heavy atom. The number of hydrogen-bond donors (Lipinski definition) is 0. The summed E-state index contributed by atoms with van der Waals surface area (Å²) in [6, 6.07) is 5.50. The third kappa shape index (κ3) is 2.35. The molecule has 0 bridgehead atoms. The fourth-order valence-electron chi connectivity index (χ4n) is 0.723. The highest BCUT2D eigenvalue weighted by Gasteiger charge is 2.11. The van der Waals surface area contributed by atoms with Crippen LogP contribution >= 0.6 is 11.6 Å². The van der Waals surface area contributed by atoms with Gasteiger partial charge in [0.05, 0.1) is 4.90 Å². The first-order valence-electron chi connectivity index (χ1n) is 3.13. The van der Waals surface area contributed by atoms with E-state index < -0.39 is 10.0 Å². The number of halogens is 1. The average molecular weight is 218 g/mol. The molecule has 0 heterocycles. The SMILES string of the molecule is [N-]=[N+]=NS(=O)(=O)c1cccc(Cl)c1. The summed E-state index contributed by atoms with van der Waals surface area (Å²) in [6.45, 7) is 0. The number of nitrogens with zero attached hydrogens (tertiary/aromatic N) is 3. The van der Waals surface area contributed by atoms with E-state index in [2.05, 4.69) is 9.43 Å². The highest BCUT2D eigenvalue weighted by Crippen LogP contribution is 2.17. The Kier molecular flexibility index (Phi) is 2.77. The van der Waals surface area contributed by atoms with Gasteiger partial charge in [-0.1, -0.05) is 17.7 Å². The van der Waals surface area contributed by atoms with Crippen LogP contribution in [0.1, 0.15) is 0 Å². The van der Waals surface area contributed by atoms with Gasteiger partial charge in [-0.05, 0) is 23.7 Å². The van der Waals surface area contributed by atoms with Gasteiger partial charge in [-0.3, -0.25) is 0 Å². The monoisotopic (exact) mass is 217 g/mol. The van der Waals surface area contributed by atoms with Crippen molar-refractivity contribution in [1.82, 2.24) is 0 Å². The highest BCUT2D eigenvalue weighted by molar-refractivity contribution is 7.90. The summed E-state index contributed by atoms with van der Waals surface area (Å²) in [5, 5.41) is 0.272. The van der Waals surface area contributed by atoms with Gasteiger partial charge in [-0.25, -0.2) is 8.42 Å². The van der Waals surface area contributed by atoms with Crippen LogP contribution in [0.4, 0.5) is 0 Å². The summed E-state index contributed by atoms with van der Waals surface area (Å²) in [7, 11) is -3.91. The summed E-state index contributed by atoms with van der Waals surface area (Å²) < 4.78 is 24.9. The summed E-state index contributed by atoms with van der Waals surface area (Å²) in [4.78, 5) is 2.09. The second-order valence-corrected chi connectivity index (χ2v) is 4.12. The van der Waals surface area contributed by atoms with Crippen LogP contribution in [-0.4, -0.2) is 8.42 Å². The van der Waals surface area contributed by atoms with E-state index >= 15 is 0 Å². The van der Waals surface area contributed by atoms with Crippen molar-refractivity contribution in [1.29, 1.82) is 0 Å². The fraction of sp³-hybridized carbons (Fsp3) is 0. The van der Waals surface area contributed by atoms with Gasteiger partial charge in [0.2, 0.25) is 0 Å². The number of sulfonamides is 1. The number of azide groups is 1. The smallest absolute Gasteiger partial charge is 0.216 e. The molecule has 1 aromatic carbocycles. The maximum absolute atomic E-state index is 11.1. The molecule has 5 nitrogen and oxygen atoms in total. The van der Waals surface area contributed by atoms with E-state index in [-0.39, 0.29) is 9.92 Å². The van der Waals surface area contributed by atoms with Crippen molar-refractivity contribution in [2.45, 2.75) is 4.90 Å². The van der Waals surface area contributed by atoms with E-state index in [0.717, 1.165) is 0 Å². The molecule has 0 atom stereocenters. The van der Waals surface area contributed by atoms with Crippen LogP contribution < -0.4 is 0 Å². The van der Waals surface area contributed by atoms with Crippen molar-refractivity contribution >= 4 is 21.6 Å². The van der Waals surface area contributed by atoms with E-state index in [1.54, 1.807) is 0 Å². The van der Waals surface area contributed by atoms with Gasteiger partial charge in [0, 0.05) is 14.5 Å². The Labute approximate surface area is 79.6 Å². The lowest BCUT2D eigenvalue weighted by Gasteiger charge is -1.96.